The fourth-order valence-electron chi connectivity index (χ4n) is 2.91. The van der Waals surface area contributed by atoms with E-state index in [1.54, 1.807) is 6.26 Å². The lowest BCUT2D eigenvalue weighted by atomic mass is 9.99. The first kappa shape index (κ1) is 11.7. The predicted octanol–water partition coefficient (Wildman–Crippen LogP) is 3.21. The van der Waals surface area contributed by atoms with E-state index in [1.165, 1.54) is 0 Å². The average Bonchev–Trinajstić information content (AvgIpc) is 3.16. The van der Waals surface area contributed by atoms with Gasteiger partial charge < -0.3 is 14.7 Å². The van der Waals surface area contributed by atoms with Crippen molar-refractivity contribution in [1.29, 1.82) is 0 Å². The molecule has 5 heteroatoms. The average molecular weight is 269 g/mol. The Hall–Kier alpha value is -2.14. The van der Waals surface area contributed by atoms with Gasteiger partial charge in [0.2, 0.25) is 11.7 Å². The number of aromatic nitrogens is 2. The third kappa shape index (κ3) is 1.67. The van der Waals surface area contributed by atoms with Gasteiger partial charge in [-0.1, -0.05) is 36.2 Å². The minimum atomic E-state index is -0.454. The molecule has 102 valence electrons. The summed E-state index contributed by atoms with van der Waals surface area (Å²) in [5.41, 5.74) is 7.55. The predicted molar refractivity (Wildman–Crippen MR) is 73.8 cm³/mol. The second kappa shape index (κ2) is 4.18. The van der Waals surface area contributed by atoms with E-state index in [0.717, 1.165) is 42.2 Å². The summed E-state index contributed by atoms with van der Waals surface area (Å²) in [7, 11) is 0. The number of nitrogens with zero attached hydrogens (tertiary/aromatic N) is 2. The third-order valence-corrected chi connectivity index (χ3v) is 4.07. The summed E-state index contributed by atoms with van der Waals surface area (Å²) >= 11 is 0. The Labute approximate surface area is 115 Å². The molecule has 1 fully saturated rings. The molecule has 0 spiro atoms. The molecular weight excluding hydrogens is 254 g/mol. The molecule has 1 aliphatic carbocycles. The molecule has 0 aliphatic heterocycles. The molecule has 0 radical (unpaired) electrons. The fourth-order valence-corrected chi connectivity index (χ4v) is 2.91. The van der Waals surface area contributed by atoms with E-state index < -0.39 is 5.54 Å². The molecule has 20 heavy (non-hydrogen) atoms. The highest BCUT2D eigenvalue weighted by Crippen LogP contribution is 2.37. The van der Waals surface area contributed by atoms with Crippen molar-refractivity contribution < 1.29 is 8.94 Å². The number of furan rings is 1. The van der Waals surface area contributed by atoms with Gasteiger partial charge in [0.1, 0.15) is 11.8 Å². The van der Waals surface area contributed by atoms with Crippen molar-refractivity contribution >= 4 is 11.0 Å². The first-order valence-corrected chi connectivity index (χ1v) is 6.86. The standard InChI is InChI=1S/C15H15N3O2/c16-15(7-3-4-8-15)14-17-13(18-20-14)11-9-19-12-6-2-1-5-10(11)12/h1-2,5-6,9H,3-4,7-8,16H2. The van der Waals surface area contributed by atoms with Gasteiger partial charge in [-0.05, 0) is 18.9 Å². The van der Waals surface area contributed by atoms with E-state index >= 15 is 0 Å². The molecule has 0 bridgehead atoms. The van der Waals surface area contributed by atoms with Gasteiger partial charge in [0, 0.05) is 5.39 Å². The summed E-state index contributed by atoms with van der Waals surface area (Å²) in [6, 6.07) is 7.80. The quantitative estimate of drug-likeness (QED) is 0.772. The van der Waals surface area contributed by atoms with Gasteiger partial charge >= 0.3 is 0 Å². The second-order valence-electron chi connectivity index (χ2n) is 5.43. The SMILES string of the molecule is NC1(c2nc(-c3coc4ccccc34)no2)CCCC1. The molecular formula is C15H15N3O2. The van der Waals surface area contributed by atoms with E-state index in [1.807, 2.05) is 24.3 Å². The van der Waals surface area contributed by atoms with Crippen molar-refractivity contribution in [2.24, 2.45) is 5.73 Å². The van der Waals surface area contributed by atoms with E-state index in [4.69, 9.17) is 14.7 Å². The molecule has 5 nitrogen and oxygen atoms in total. The minimum absolute atomic E-state index is 0.454. The lowest BCUT2D eigenvalue weighted by Crippen LogP contribution is -2.33. The number of rotatable bonds is 2. The summed E-state index contributed by atoms with van der Waals surface area (Å²) in [5.74, 6) is 1.08. The number of hydrogen-bond donors (Lipinski definition) is 1. The maximum absolute atomic E-state index is 6.34. The molecule has 2 aromatic heterocycles. The highest BCUT2D eigenvalue weighted by Gasteiger charge is 2.37. The monoisotopic (exact) mass is 269 g/mol. The first-order valence-electron chi connectivity index (χ1n) is 6.86. The van der Waals surface area contributed by atoms with Crippen LogP contribution in [0.4, 0.5) is 0 Å². The lowest BCUT2D eigenvalue weighted by molar-refractivity contribution is 0.285. The van der Waals surface area contributed by atoms with Crippen molar-refractivity contribution in [3.8, 4) is 11.4 Å². The number of para-hydroxylation sites is 1. The molecule has 1 saturated carbocycles. The largest absolute Gasteiger partial charge is 0.464 e. The van der Waals surface area contributed by atoms with Crippen LogP contribution < -0.4 is 5.73 Å². The van der Waals surface area contributed by atoms with Gasteiger partial charge in [-0.25, -0.2) is 0 Å². The highest BCUT2D eigenvalue weighted by atomic mass is 16.5. The fraction of sp³-hybridized carbons (Fsp3) is 0.333. The van der Waals surface area contributed by atoms with Crippen LogP contribution in [-0.4, -0.2) is 10.1 Å². The van der Waals surface area contributed by atoms with Crippen molar-refractivity contribution in [2.45, 2.75) is 31.2 Å². The Morgan fingerprint density at radius 2 is 1.95 bits per heavy atom. The van der Waals surface area contributed by atoms with Crippen LogP contribution in [0.3, 0.4) is 0 Å². The minimum Gasteiger partial charge on any atom is -0.464 e. The van der Waals surface area contributed by atoms with E-state index in [9.17, 15) is 0 Å². The smallest absolute Gasteiger partial charge is 0.247 e. The summed E-state index contributed by atoms with van der Waals surface area (Å²) in [5, 5.41) is 5.06. The molecule has 3 aromatic rings. The molecule has 0 atom stereocenters. The molecule has 4 rings (SSSR count). The van der Waals surface area contributed by atoms with Gasteiger partial charge in [0.25, 0.3) is 0 Å². The maximum Gasteiger partial charge on any atom is 0.247 e. The Kier molecular flexibility index (Phi) is 2.44. The van der Waals surface area contributed by atoms with Gasteiger partial charge in [0.15, 0.2) is 0 Å². The zero-order valence-corrected chi connectivity index (χ0v) is 11.0. The van der Waals surface area contributed by atoms with Crippen molar-refractivity contribution in [2.75, 3.05) is 0 Å². The maximum atomic E-state index is 6.34. The summed E-state index contributed by atoms with van der Waals surface area (Å²) in [6.45, 7) is 0. The van der Waals surface area contributed by atoms with Crippen LogP contribution in [-0.2, 0) is 5.54 Å². The summed E-state index contributed by atoms with van der Waals surface area (Å²) in [6.07, 6.45) is 5.70. The second-order valence-corrected chi connectivity index (χ2v) is 5.43. The van der Waals surface area contributed by atoms with E-state index in [0.29, 0.717) is 11.7 Å². The van der Waals surface area contributed by atoms with Crippen LogP contribution in [0.1, 0.15) is 31.6 Å². The van der Waals surface area contributed by atoms with Crippen molar-refractivity contribution in [3.05, 3.63) is 36.4 Å². The molecule has 1 aromatic carbocycles. The molecule has 0 unspecified atom stereocenters. The van der Waals surface area contributed by atoms with Crippen LogP contribution in [0.15, 0.2) is 39.5 Å². The lowest BCUT2D eigenvalue weighted by Gasteiger charge is -2.17. The molecule has 2 N–H and O–H groups in total. The van der Waals surface area contributed by atoms with E-state index in [2.05, 4.69) is 10.1 Å². The topological polar surface area (TPSA) is 78.1 Å². The van der Waals surface area contributed by atoms with Gasteiger partial charge in [0.05, 0.1) is 11.1 Å². The van der Waals surface area contributed by atoms with Crippen LogP contribution in [0.25, 0.3) is 22.4 Å². The van der Waals surface area contributed by atoms with Crippen molar-refractivity contribution in [3.63, 3.8) is 0 Å². The van der Waals surface area contributed by atoms with Crippen LogP contribution in [0.5, 0.6) is 0 Å². The molecule has 0 saturated heterocycles. The Bertz CT molecular complexity index is 753. The van der Waals surface area contributed by atoms with Crippen LogP contribution >= 0.6 is 0 Å². The molecule has 1 aliphatic rings. The number of fused-ring (bicyclic) bond motifs is 1. The zero-order chi connectivity index (χ0) is 13.6. The molecule has 2 heterocycles. The number of hydrogen-bond acceptors (Lipinski definition) is 5. The van der Waals surface area contributed by atoms with Crippen molar-refractivity contribution in [1.82, 2.24) is 10.1 Å². The van der Waals surface area contributed by atoms with Crippen LogP contribution in [0.2, 0.25) is 0 Å². The Morgan fingerprint density at radius 3 is 2.80 bits per heavy atom. The third-order valence-electron chi connectivity index (χ3n) is 4.07. The molecule has 0 amide bonds. The number of benzene rings is 1. The van der Waals surface area contributed by atoms with Gasteiger partial charge in [-0.15, -0.1) is 0 Å². The Balaban J connectivity index is 1.78. The first-order chi connectivity index (χ1) is 9.76. The summed E-state index contributed by atoms with van der Waals surface area (Å²) in [4.78, 5) is 4.49. The summed E-state index contributed by atoms with van der Waals surface area (Å²) < 4.78 is 10.9. The number of nitrogens with two attached hydrogens (primary N) is 1. The highest BCUT2D eigenvalue weighted by molar-refractivity contribution is 5.91. The van der Waals surface area contributed by atoms with E-state index in [-0.39, 0.29) is 0 Å². The van der Waals surface area contributed by atoms with Crippen LogP contribution in [0, 0.1) is 0 Å². The zero-order valence-electron chi connectivity index (χ0n) is 11.0. The normalized spacial score (nSPS) is 17.9. The van der Waals surface area contributed by atoms with Gasteiger partial charge in [-0.3, -0.25) is 0 Å². The van der Waals surface area contributed by atoms with Gasteiger partial charge in [-0.2, -0.15) is 4.98 Å². The Morgan fingerprint density at radius 1 is 1.15 bits per heavy atom.